The summed E-state index contributed by atoms with van der Waals surface area (Å²) < 4.78 is 15.4. The first-order chi connectivity index (χ1) is 11.1. The SMILES string of the molecule is COC(=O)c1cc(CCc2cccc(OC)c2OC)ccc1O. The summed E-state index contributed by atoms with van der Waals surface area (Å²) in [5.41, 5.74) is 2.11. The lowest BCUT2D eigenvalue weighted by atomic mass is 10.0. The molecule has 2 aromatic rings. The van der Waals surface area contributed by atoms with Crippen LogP contribution in [0.1, 0.15) is 21.5 Å². The van der Waals surface area contributed by atoms with Crippen LogP contribution in [0.4, 0.5) is 0 Å². The Morgan fingerprint density at radius 2 is 1.83 bits per heavy atom. The Labute approximate surface area is 135 Å². The van der Waals surface area contributed by atoms with Gasteiger partial charge in [-0.2, -0.15) is 0 Å². The van der Waals surface area contributed by atoms with E-state index in [1.165, 1.54) is 13.2 Å². The van der Waals surface area contributed by atoms with Gasteiger partial charge in [0.2, 0.25) is 0 Å². The number of hydrogen-bond donors (Lipinski definition) is 1. The normalized spacial score (nSPS) is 10.2. The van der Waals surface area contributed by atoms with E-state index in [9.17, 15) is 9.90 Å². The molecule has 0 atom stereocenters. The van der Waals surface area contributed by atoms with Gasteiger partial charge in [0.25, 0.3) is 0 Å². The fourth-order valence-electron chi connectivity index (χ4n) is 2.44. The quantitative estimate of drug-likeness (QED) is 0.830. The third-order valence-corrected chi connectivity index (χ3v) is 3.63. The number of benzene rings is 2. The van der Waals surface area contributed by atoms with E-state index in [0.29, 0.717) is 24.3 Å². The second kappa shape index (κ2) is 7.54. The van der Waals surface area contributed by atoms with Crippen molar-refractivity contribution in [3.63, 3.8) is 0 Å². The molecule has 2 aromatic carbocycles. The Bertz CT molecular complexity index is 694. The van der Waals surface area contributed by atoms with Crippen LogP contribution in [0.5, 0.6) is 17.2 Å². The summed E-state index contributed by atoms with van der Waals surface area (Å²) in [6, 6.07) is 10.7. The predicted molar refractivity (Wildman–Crippen MR) is 86.4 cm³/mol. The Morgan fingerprint density at radius 1 is 1.04 bits per heavy atom. The molecule has 0 unspecified atom stereocenters. The van der Waals surface area contributed by atoms with Crippen LogP contribution in [0.3, 0.4) is 0 Å². The number of carbonyl (C=O) groups excluding carboxylic acids is 1. The van der Waals surface area contributed by atoms with Crippen LogP contribution in [0.2, 0.25) is 0 Å². The largest absolute Gasteiger partial charge is 0.507 e. The number of esters is 1. The number of aryl methyl sites for hydroxylation is 2. The van der Waals surface area contributed by atoms with Crippen molar-refractivity contribution in [2.24, 2.45) is 0 Å². The average molecular weight is 316 g/mol. The molecule has 2 rings (SSSR count). The molecule has 122 valence electrons. The van der Waals surface area contributed by atoms with Gasteiger partial charge in [0.1, 0.15) is 11.3 Å². The minimum atomic E-state index is -0.552. The molecule has 0 saturated heterocycles. The van der Waals surface area contributed by atoms with Crippen molar-refractivity contribution < 1.29 is 24.1 Å². The summed E-state index contributed by atoms with van der Waals surface area (Å²) in [6.45, 7) is 0. The minimum Gasteiger partial charge on any atom is -0.507 e. The third kappa shape index (κ3) is 3.74. The Kier molecular flexibility index (Phi) is 5.46. The van der Waals surface area contributed by atoms with Crippen molar-refractivity contribution in [3.05, 3.63) is 53.1 Å². The first-order valence-electron chi connectivity index (χ1n) is 7.20. The molecular weight excluding hydrogens is 296 g/mol. The predicted octanol–water partition coefficient (Wildman–Crippen LogP) is 2.98. The van der Waals surface area contributed by atoms with E-state index < -0.39 is 5.97 Å². The maximum absolute atomic E-state index is 11.6. The summed E-state index contributed by atoms with van der Waals surface area (Å²) in [4.78, 5) is 11.6. The van der Waals surface area contributed by atoms with Gasteiger partial charge in [-0.1, -0.05) is 18.2 Å². The number of rotatable bonds is 6. The second-order valence-electron chi connectivity index (χ2n) is 5.00. The summed E-state index contributed by atoms with van der Waals surface area (Å²) >= 11 is 0. The van der Waals surface area contributed by atoms with Gasteiger partial charge in [0.15, 0.2) is 11.5 Å². The lowest BCUT2D eigenvalue weighted by molar-refractivity contribution is 0.0597. The molecule has 1 N–H and O–H groups in total. The van der Waals surface area contributed by atoms with E-state index in [4.69, 9.17) is 9.47 Å². The van der Waals surface area contributed by atoms with Gasteiger partial charge in [0, 0.05) is 0 Å². The molecule has 0 radical (unpaired) electrons. The van der Waals surface area contributed by atoms with Gasteiger partial charge in [0.05, 0.1) is 21.3 Å². The monoisotopic (exact) mass is 316 g/mol. The highest BCUT2D eigenvalue weighted by molar-refractivity contribution is 5.92. The highest BCUT2D eigenvalue weighted by Crippen LogP contribution is 2.31. The molecule has 23 heavy (non-hydrogen) atoms. The van der Waals surface area contributed by atoms with Crippen molar-refractivity contribution >= 4 is 5.97 Å². The van der Waals surface area contributed by atoms with Crippen molar-refractivity contribution in [3.8, 4) is 17.2 Å². The first kappa shape index (κ1) is 16.7. The number of methoxy groups -OCH3 is 3. The van der Waals surface area contributed by atoms with Gasteiger partial charge in [-0.25, -0.2) is 4.79 Å². The average Bonchev–Trinajstić information content (AvgIpc) is 2.59. The summed E-state index contributed by atoms with van der Waals surface area (Å²) in [5.74, 6) is 0.760. The van der Waals surface area contributed by atoms with E-state index in [2.05, 4.69) is 4.74 Å². The summed E-state index contributed by atoms with van der Waals surface area (Å²) in [6.07, 6.45) is 1.40. The smallest absolute Gasteiger partial charge is 0.341 e. The van der Waals surface area contributed by atoms with Crippen molar-refractivity contribution in [1.29, 1.82) is 0 Å². The molecule has 0 saturated carbocycles. The fourth-order valence-corrected chi connectivity index (χ4v) is 2.44. The lowest BCUT2D eigenvalue weighted by Gasteiger charge is -2.13. The molecule has 0 bridgehead atoms. The number of phenols is 1. The fraction of sp³-hybridized carbons (Fsp3) is 0.278. The van der Waals surface area contributed by atoms with E-state index in [-0.39, 0.29) is 11.3 Å². The molecule has 0 aromatic heterocycles. The molecular formula is C18H20O5. The molecule has 0 amide bonds. The van der Waals surface area contributed by atoms with Crippen LogP contribution in [0, 0.1) is 0 Å². The topological polar surface area (TPSA) is 65.0 Å². The van der Waals surface area contributed by atoms with Crippen molar-refractivity contribution in [2.75, 3.05) is 21.3 Å². The number of hydrogen-bond acceptors (Lipinski definition) is 5. The van der Waals surface area contributed by atoms with E-state index in [0.717, 1.165) is 11.1 Å². The Balaban J connectivity index is 2.20. The number of ether oxygens (including phenoxy) is 3. The minimum absolute atomic E-state index is 0.0837. The van der Waals surface area contributed by atoms with Gasteiger partial charge < -0.3 is 19.3 Å². The van der Waals surface area contributed by atoms with E-state index in [1.54, 1.807) is 26.4 Å². The zero-order valence-corrected chi connectivity index (χ0v) is 13.5. The van der Waals surface area contributed by atoms with Crippen molar-refractivity contribution in [1.82, 2.24) is 0 Å². The van der Waals surface area contributed by atoms with Gasteiger partial charge in [-0.05, 0) is 42.2 Å². The molecule has 5 nitrogen and oxygen atoms in total. The van der Waals surface area contributed by atoms with Gasteiger partial charge in [-0.15, -0.1) is 0 Å². The molecule has 0 aliphatic rings. The van der Waals surface area contributed by atoms with Crippen LogP contribution in [0.15, 0.2) is 36.4 Å². The van der Waals surface area contributed by atoms with Gasteiger partial charge in [-0.3, -0.25) is 0 Å². The van der Waals surface area contributed by atoms with Crippen LogP contribution < -0.4 is 9.47 Å². The number of aromatic hydroxyl groups is 1. The number of para-hydroxylation sites is 1. The summed E-state index contributed by atoms with van der Waals surface area (Å²) in [5, 5.41) is 9.73. The zero-order valence-electron chi connectivity index (χ0n) is 13.5. The molecule has 0 fully saturated rings. The number of carbonyl (C=O) groups is 1. The van der Waals surface area contributed by atoms with E-state index >= 15 is 0 Å². The third-order valence-electron chi connectivity index (χ3n) is 3.63. The zero-order chi connectivity index (χ0) is 16.8. The maximum Gasteiger partial charge on any atom is 0.341 e. The van der Waals surface area contributed by atoms with Crippen LogP contribution in [-0.4, -0.2) is 32.4 Å². The highest BCUT2D eigenvalue weighted by atomic mass is 16.5. The van der Waals surface area contributed by atoms with E-state index in [1.807, 2.05) is 18.2 Å². The Hall–Kier alpha value is -2.69. The first-order valence-corrected chi connectivity index (χ1v) is 7.20. The lowest BCUT2D eigenvalue weighted by Crippen LogP contribution is -2.03. The highest BCUT2D eigenvalue weighted by Gasteiger charge is 2.13. The molecule has 0 aliphatic carbocycles. The molecule has 0 heterocycles. The van der Waals surface area contributed by atoms with Crippen LogP contribution in [0.25, 0.3) is 0 Å². The molecule has 0 spiro atoms. The van der Waals surface area contributed by atoms with Crippen LogP contribution >= 0.6 is 0 Å². The van der Waals surface area contributed by atoms with Crippen LogP contribution in [-0.2, 0) is 17.6 Å². The summed E-state index contributed by atoms with van der Waals surface area (Å²) in [7, 11) is 4.50. The Morgan fingerprint density at radius 3 is 2.48 bits per heavy atom. The molecule has 0 aliphatic heterocycles. The molecule has 5 heteroatoms. The van der Waals surface area contributed by atoms with Gasteiger partial charge >= 0.3 is 5.97 Å². The standard InChI is InChI=1S/C18H20O5/c1-21-16-6-4-5-13(17(16)22-2)9-7-12-8-10-15(19)14(11-12)18(20)23-3/h4-6,8,10-11,19H,7,9H2,1-3H3. The second-order valence-corrected chi connectivity index (χ2v) is 5.00. The van der Waals surface area contributed by atoms with Crippen molar-refractivity contribution in [2.45, 2.75) is 12.8 Å². The number of phenolic OH excluding ortho intramolecular Hbond substituents is 1. The maximum atomic E-state index is 11.6.